The lowest BCUT2D eigenvalue weighted by molar-refractivity contribution is 0.416. The van der Waals surface area contributed by atoms with Gasteiger partial charge < -0.3 is 19.0 Å². The first-order valence-corrected chi connectivity index (χ1v) is 11.0. The zero-order chi connectivity index (χ0) is 21.8. The van der Waals surface area contributed by atoms with E-state index in [0.29, 0.717) is 22.8 Å². The van der Waals surface area contributed by atoms with Gasteiger partial charge in [0.1, 0.15) is 11.6 Å². The highest BCUT2D eigenvalue weighted by Gasteiger charge is 2.18. The van der Waals surface area contributed by atoms with Gasteiger partial charge >= 0.3 is 0 Å². The molecule has 31 heavy (non-hydrogen) atoms. The first-order chi connectivity index (χ1) is 14.9. The van der Waals surface area contributed by atoms with Crippen molar-refractivity contribution in [2.24, 2.45) is 0 Å². The van der Waals surface area contributed by atoms with Gasteiger partial charge in [0, 0.05) is 24.5 Å². The van der Waals surface area contributed by atoms with E-state index in [9.17, 15) is 12.8 Å². The molecule has 4 rings (SSSR count). The molecule has 0 spiro atoms. The number of halogens is 1. The van der Waals surface area contributed by atoms with Crippen molar-refractivity contribution in [3.8, 4) is 17.1 Å². The van der Waals surface area contributed by atoms with Crippen LogP contribution in [0.5, 0.6) is 5.75 Å². The molecule has 0 aliphatic carbocycles. The van der Waals surface area contributed by atoms with Gasteiger partial charge in [-0.1, -0.05) is 0 Å². The quantitative estimate of drug-likeness (QED) is 0.442. The molecule has 0 saturated carbocycles. The maximum absolute atomic E-state index is 13.1. The largest absolute Gasteiger partial charge is 0.495 e. The average Bonchev–Trinajstić information content (AvgIpc) is 3.45. The smallest absolute Gasteiger partial charge is 0.299 e. The van der Waals surface area contributed by atoms with Crippen LogP contribution in [0.15, 0.2) is 76.7 Å². The Labute approximate surface area is 178 Å². The van der Waals surface area contributed by atoms with Crippen molar-refractivity contribution in [1.82, 2.24) is 14.5 Å². The minimum Gasteiger partial charge on any atom is -0.495 e. The molecule has 0 bridgehead atoms. The summed E-state index contributed by atoms with van der Waals surface area (Å²) in [6.45, 7) is 0.290. The lowest BCUT2D eigenvalue weighted by Crippen LogP contribution is -2.12. The summed E-state index contributed by atoms with van der Waals surface area (Å²) in [5.41, 5.74) is 1.04. The minimum atomic E-state index is -3.55. The second kappa shape index (κ2) is 8.60. The molecule has 0 saturated heterocycles. The second-order valence-corrected chi connectivity index (χ2v) is 8.75. The van der Waals surface area contributed by atoms with Crippen LogP contribution in [-0.4, -0.2) is 35.8 Å². The van der Waals surface area contributed by atoms with E-state index < -0.39 is 9.84 Å². The Bertz CT molecular complexity index is 1270. The molecule has 0 atom stereocenters. The van der Waals surface area contributed by atoms with E-state index in [1.807, 2.05) is 0 Å². The monoisotopic (exact) mass is 442 g/mol. The molecule has 0 aliphatic heterocycles. The van der Waals surface area contributed by atoms with Crippen LogP contribution in [0.1, 0.15) is 0 Å². The van der Waals surface area contributed by atoms with E-state index in [1.54, 1.807) is 41.5 Å². The summed E-state index contributed by atoms with van der Waals surface area (Å²) in [6, 6.07) is 10.5. The van der Waals surface area contributed by atoms with Gasteiger partial charge in [-0.25, -0.2) is 22.8 Å². The highest BCUT2D eigenvalue weighted by atomic mass is 32.2. The summed E-state index contributed by atoms with van der Waals surface area (Å²) >= 11 is 0. The Kier molecular flexibility index (Phi) is 5.72. The van der Waals surface area contributed by atoms with Gasteiger partial charge in [0.15, 0.2) is 15.6 Å². The Balaban J connectivity index is 1.56. The summed E-state index contributed by atoms with van der Waals surface area (Å²) in [5, 5.41) is 2.95. The minimum absolute atomic E-state index is 0.0805. The van der Waals surface area contributed by atoms with Crippen molar-refractivity contribution in [1.29, 1.82) is 0 Å². The standard InChI is InChI=1S/C21H19FN4O4S/c1-29-19-7-6-17(31(27,28)11-10-26-9-8-23-14-26)12-18(19)25-21-24-13-20(30-21)15-2-4-16(22)5-3-15/h2-9,12-14H,10-11H2,1H3,(H,24,25). The van der Waals surface area contributed by atoms with Crippen LogP contribution in [0.25, 0.3) is 11.3 Å². The predicted octanol–water partition coefficient (Wildman–Crippen LogP) is 3.90. The molecule has 2 aromatic carbocycles. The van der Waals surface area contributed by atoms with E-state index in [0.717, 1.165) is 0 Å². The molecule has 2 aromatic heterocycles. The van der Waals surface area contributed by atoms with Crippen LogP contribution in [0.2, 0.25) is 0 Å². The molecular formula is C21H19FN4O4S. The van der Waals surface area contributed by atoms with Crippen molar-refractivity contribution in [2.45, 2.75) is 11.4 Å². The number of sulfone groups is 1. The summed E-state index contributed by atoms with van der Waals surface area (Å²) < 4.78 is 51.4. The van der Waals surface area contributed by atoms with E-state index in [4.69, 9.17) is 9.15 Å². The molecule has 160 valence electrons. The number of imidazole rings is 1. The molecule has 10 heteroatoms. The normalized spacial score (nSPS) is 11.4. The number of hydrogen-bond acceptors (Lipinski definition) is 7. The van der Waals surface area contributed by atoms with E-state index in [2.05, 4.69) is 15.3 Å². The average molecular weight is 442 g/mol. The van der Waals surface area contributed by atoms with Crippen molar-refractivity contribution in [3.05, 3.63) is 73.2 Å². The van der Waals surface area contributed by atoms with Crippen LogP contribution >= 0.6 is 0 Å². The van der Waals surface area contributed by atoms with Gasteiger partial charge in [-0.2, -0.15) is 0 Å². The maximum atomic E-state index is 13.1. The van der Waals surface area contributed by atoms with Crippen LogP contribution in [0, 0.1) is 5.82 Å². The summed E-state index contributed by atoms with van der Waals surface area (Å²) in [7, 11) is -2.07. The lowest BCUT2D eigenvalue weighted by atomic mass is 10.2. The Morgan fingerprint density at radius 1 is 1.19 bits per heavy atom. The van der Waals surface area contributed by atoms with Crippen LogP contribution in [-0.2, 0) is 16.4 Å². The van der Waals surface area contributed by atoms with Crippen LogP contribution < -0.4 is 10.1 Å². The van der Waals surface area contributed by atoms with E-state index in [1.165, 1.54) is 37.6 Å². The SMILES string of the molecule is COc1ccc(S(=O)(=O)CCn2ccnc2)cc1Nc1ncc(-c2ccc(F)cc2)o1. The van der Waals surface area contributed by atoms with Crippen LogP contribution in [0.3, 0.4) is 0 Å². The van der Waals surface area contributed by atoms with E-state index in [-0.39, 0.29) is 29.0 Å². The van der Waals surface area contributed by atoms with Gasteiger partial charge in [-0.15, -0.1) is 0 Å². The van der Waals surface area contributed by atoms with Crippen molar-refractivity contribution in [3.63, 3.8) is 0 Å². The molecule has 8 nitrogen and oxygen atoms in total. The molecule has 0 unspecified atom stereocenters. The number of benzene rings is 2. The molecule has 0 radical (unpaired) electrons. The first-order valence-electron chi connectivity index (χ1n) is 9.30. The molecule has 0 amide bonds. The number of methoxy groups -OCH3 is 1. The maximum Gasteiger partial charge on any atom is 0.299 e. The Hall–Kier alpha value is -3.66. The molecule has 0 fully saturated rings. The number of anilines is 2. The number of ether oxygens (including phenoxy) is 1. The van der Waals surface area contributed by atoms with Gasteiger partial charge in [0.05, 0.1) is 36.0 Å². The molecule has 0 aliphatic rings. The number of hydrogen-bond donors (Lipinski definition) is 1. The number of nitrogens with zero attached hydrogens (tertiary/aromatic N) is 3. The number of aryl methyl sites for hydroxylation is 1. The van der Waals surface area contributed by atoms with Gasteiger partial charge in [0.2, 0.25) is 0 Å². The van der Waals surface area contributed by atoms with Crippen molar-refractivity contribution < 1.29 is 22.0 Å². The Morgan fingerprint density at radius 2 is 2.00 bits per heavy atom. The molecule has 1 N–H and O–H groups in total. The van der Waals surface area contributed by atoms with Gasteiger partial charge in [-0.05, 0) is 42.5 Å². The molecule has 2 heterocycles. The van der Waals surface area contributed by atoms with Crippen LogP contribution in [0.4, 0.5) is 16.1 Å². The molecule has 4 aromatic rings. The number of nitrogens with one attached hydrogen (secondary N) is 1. The third-order valence-electron chi connectivity index (χ3n) is 4.58. The summed E-state index contributed by atoms with van der Waals surface area (Å²) in [6.07, 6.45) is 6.36. The number of oxazole rings is 1. The van der Waals surface area contributed by atoms with Gasteiger partial charge in [0.25, 0.3) is 6.01 Å². The fourth-order valence-corrected chi connectivity index (χ4v) is 4.20. The third kappa shape index (κ3) is 4.75. The molecular weight excluding hydrogens is 423 g/mol. The second-order valence-electron chi connectivity index (χ2n) is 6.64. The first kappa shape index (κ1) is 20.6. The third-order valence-corrected chi connectivity index (χ3v) is 6.28. The highest BCUT2D eigenvalue weighted by molar-refractivity contribution is 7.91. The Morgan fingerprint density at radius 3 is 2.71 bits per heavy atom. The zero-order valence-corrected chi connectivity index (χ0v) is 17.3. The fraction of sp³-hybridized carbons (Fsp3) is 0.143. The number of aromatic nitrogens is 3. The zero-order valence-electron chi connectivity index (χ0n) is 16.5. The highest BCUT2D eigenvalue weighted by Crippen LogP contribution is 2.32. The van der Waals surface area contributed by atoms with Crippen molar-refractivity contribution >= 4 is 21.5 Å². The lowest BCUT2D eigenvalue weighted by Gasteiger charge is -2.11. The summed E-state index contributed by atoms with van der Waals surface area (Å²) in [4.78, 5) is 8.21. The summed E-state index contributed by atoms with van der Waals surface area (Å²) in [5.74, 6) is 0.432. The fourth-order valence-electron chi connectivity index (χ4n) is 2.94. The van der Waals surface area contributed by atoms with E-state index >= 15 is 0 Å². The number of rotatable bonds is 8. The van der Waals surface area contributed by atoms with Crippen molar-refractivity contribution in [2.75, 3.05) is 18.2 Å². The topological polar surface area (TPSA) is 99.2 Å². The van der Waals surface area contributed by atoms with Gasteiger partial charge in [-0.3, -0.25) is 0 Å². The predicted molar refractivity (Wildman–Crippen MR) is 112 cm³/mol.